The molecule has 0 amide bonds. The largest absolute Gasteiger partial charge is 0.508 e. The van der Waals surface area contributed by atoms with Crippen LogP contribution < -0.4 is 5.32 Å². The van der Waals surface area contributed by atoms with Crippen molar-refractivity contribution in [1.82, 2.24) is 10.3 Å². The summed E-state index contributed by atoms with van der Waals surface area (Å²) in [6, 6.07) is 10.1. The fourth-order valence-corrected chi connectivity index (χ4v) is 3.72. The van der Waals surface area contributed by atoms with Crippen LogP contribution in [0.25, 0.3) is 10.9 Å². The normalized spacial score (nSPS) is 18.6. The van der Waals surface area contributed by atoms with Crippen LogP contribution in [0.15, 0.2) is 35.7 Å². The van der Waals surface area contributed by atoms with Gasteiger partial charge in [0.2, 0.25) is 0 Å². The Bertz CT molecular complexity index is 730. The van der Waals surface area contributed by atoms with E-state index in [-0.39, 0.29) is 6.04 Å². The van der Waals surface area contributed by atoms with Crippen molar-refractivity contribution in [2.75, 3.05) is 6.54 Å². The van der Waals surface area contributed by atoms with Crippen LogP contribution in [0.3, 0.4) is 0 Å². The van der Waals surface area contributed by atoms with Crippen LogP contribution in [0.1, 0.15) is 22.2 Å². The van der Waals surface area contributed by atoms with Crippen LogP contribution >= 0.6 is 11.3 Å². The molecular weight excluding hydrogens is 256 g/mol. The van der Waals surface area contributed by atoms with E-state index < -0.39 is 0 Å². The van der Waals surface area contributed by atoms with E-state index in [9.17, 15) is 5.11 Å². The third-order valence-corrected chi connectivity index (χ3v) is 4.70. The average Bonchev–Trinajstić information content (AvgIpc) is 3.05. The molecule has 1 aliphatic heterocycles. The zero-order chi connectivity index (χ0) is 12.8. The first-order chi connectivity index (χ1) is 9.33. The van der Waals surface area contributed by atoms with Crippen LogP contribution in [-0.2, 0) is 6.42 Å². The van der Waals surface area contributed by atoms with E-state index in [0.717, 1.165) is 23.9 Å². The van der Waals surface area contributed by atoms with Crippen molar-refractivity contribution in [2.24, 2.45) is 0 Å². The van der Waals surface area contributed by atoms with Gasteiger partial charge in [-0.05, 0) is 41.6 Å². The molecule has 1 aromatic carbocycles. The third kappa shape index (κ3) is 1.68. The molecule has 3 nitrogen and oxygen atoms in total. The number of benzene rings is 1. The Morgan fingerprint density at radius 2 is 2.21 bits per heavy atom. The van der Waals surface area contributed by atoms with Crippen LogP contribution in [0.5, 0.6) is 5.75 Å². The lowest BCUT2D eigenvalue weighted by Crippen LogP contribution is -2.29. The Kier molecular flexibility index (Phi) is 2.40. The molecule has 1 unspecified atom stereocenters. The molecular formula is C15H14N2OS. The number of aromatic hydroxyl groups is 1. The second kappa shape index (κ2) is 4.11. The van der Waals surface area contributed by atoms with Crippen molar-refractivity contribution in [3.8, 4) is 5.75 Å². The second-order valence-corrected chi connectivity index (χ2v) is 5.88. The number of rotatable bonds is 1. The monoisotopic (exact) mass is 270 g/mol. The van der Waals surface area contributed by atoms with Crippen molar-refractivity contribution in [3.05, 3.63) is 51.8 Å². The Hall–Kier alpha value is -1.78. The summed E-state index contributed by atoms with van der Waals surface area (Å²) in [5.74, 6) is 0.334. The molecule has 0 radical (unpaired) electrons. The van der Waals surface area contributed by atoms with Crippen molar-refractivity contribution >= 4 is 22.2 Å². The lowest BCUT2D eigenvalue weighted by Gasteiger charge is -2.23. The van der Waals surface area contributed by atoms with Crippen molar-refractivity contribution in [3.63, 3.8) is 0 Å². The Labute approximate surface area is 114 Å². The number of aromatic amines is 1. The van der Waals surface area contributed by atoms with Crippen LogP contribution in [0.4, 0.5) is 0 Å². The molecule has 1 atom stereocenters. The van der Waals surface area contributed by atoms with Gasteiger partial charge in [0.1, 0.15) is 5.75 Å². The van der Waals surface area contributed by atoms with Gasteiger partial charge in [-0.3, -0.25) is 0 Å². The Balaban J connectivity index is 1.94. The summed E-state index contributed by atoms with van der Waals surface area (Å²) < 4.78 is 0. The topological polar surface area (TPSA) is 48.0 Å². The summed E-state index contributed by atoms with van der Waals surface area (Å²) in [6.07, 6.45) is 1.00. The van der Waals surface area contributed by atoms with Gasteiger partial charge in [0, 0.05) is 28.0 Å². The minimum Gasteiger partial charge on any atom is -0.508 e. The van der Waals surface area contributed by atoms with Gasteiger partial charge in [-0.25, -0.2) is 0 Å². The highest BCUT2D eigenvalue weighted by atomic mass is 32.1. The Morgan fingerprint density at radius 3 is 3.05 bits per heavy atom. The summed E-state index contributed by atoms with van der Waals surface area (Å²) in [6.45, 7) is 0.970. The standard InChI is InChI=1S/C15H14N2OS/c18-9-3-4-12-11(8-9)10-5-6-16-15(14(10)17-12)13-2-1-7-19-13/h1-4,7-8,15-18H,5-6H2. The predicted molar refractivity (Wildman–Crippen MR) is 77.8 cm³/mol. The lowest BCUT2D eigenvalue weighted by atomic mass is 9.98. The number of phenols is 1. The minimum atomic E-state index is 0.248. The molecule has 4 heteroatoms. The highest BCUT2D eigenvalue weighted by Crippen LogP contribution is 2.35. The summed E-state index contributed by atoms with van der Waals surface area (Å²) in [5.41, 5.74) is 3.69. The first kappa shape index (κ1) is 11.1. The zero-order valence-electron chi connectivity index (χ0n) is 10.3. The molecule has 0 saturated heterocycles. The van der Waals surface area contributed by atoms with E-state index in [4.69, 9.17) is 0 Å². The van der Waals surface area contributed by atoms with Crippen molar-refractivity contribution in [2.45, 2.75) is 12.5 Å². The lowest BCUT2D eigenvalue weighted by molar-refractivity contribution is 0.476. The molecule has 96 valence electrons. The maximum atomic E-state index is 9.67. The van der Waals surface area contributed by atoms with Gasteiger partial charge >= 0.3 is 0 Å². The average molecular weight is 270 g/mol. The fourth-order valence-electron chi connectivity index (χ4n) is 2.91. The Morgan fingerprint density at radius 1 is 1.26 bits per heavy atom. The van der Waals surface area contributed by atoms with Gasteiger partial charge in [0.05, 0.1) is 6.04 Å². The molecule has 1 aliphatic rings. The van der Waals surface area contributed by atoms with E-state index in [2.05, 4.69) is 27.8 Å². The summed E-state index contributed by atoms with van der Waals surface area (Å²) in [7, 11) is 0. The molecule has 0 bridgehead atoms. The van der Waals surface area contributed by atoms with E-state index in [1.54, 1.807) is 17.4 Å². The molecule has 3 aromatic rings. The second-order valence-electron chi connectivity index (χ2n) is 4.90. The van der Waals surface area contributed by atoms with E-state index in [1.165, 1.54) is 16.1 Å². The van der Waals surface area contributed by atoms with Gasteiger partial charge in [-0.1, -0.05) is 6.07 Å². The summed E-state index contributed by atoms with van der Waals surface area (Å²) >= 11 is 1.77. The number of fused-ring (bicyclic) bond motifs is 3. The maximum absolute atomic E-state index is 9.67. The molecule has 0 spiro atoms. The van der Waals surface area contributed by atoms with Gasteiger partial charge in [0.25, 0.3) is 0 Å². The highest BCUT2D eigenvalue weighted by molar-refractivity contribution is 7.10. The van der Waals surface area contributed by atoms with Gasteiger partial charge in [0.15, 0.2) is 0 Å². The zero-order valence-corrected chi connectivity index (χ0v) is 11.1. The van der Waals surface area contributed by atoms with E-state index in [0.29, 0.717) is 5.75 Å². The third-order valence-electron chi connectivity index (χ3n) is 3.76. The van der Waals surface area contributed by atoms with Gasteiger partial charge in [-0.2, -0.15) is 0 Å². The molecule has 2 aromatic heterocycles. The van der Waals surface area contributed by atoms with Crippen molar-refractivity contribution in [1.29, 1.82) is 0 Å². The van der Waals surface area contributed by atoms with E-state index in [1.807, 2.05) is 12.1 Å². The molecule has 0 fully saturated rings. The van der Waals surface area contributed by atoms with Gasteiger partial charge < -0.3 is 15.4 Å². The summed E-state index contributed by atoms with van der Waals surface area (Å²) in [4.78, 5) is 4.84. The number of thiophene rings is 1. The smallest absolute Gasteiger partial charge is 0.116 e. The molecule has 3 heterocycles. The van der Waals surface area contributed by atoms with Gasteiger partial charge in [-0.15, -0.1) is 11.3 Å². The number of nitrogens with one attached hydrogen (secondary N) is 2. The quantitative estimate of drug-likeness (QED) is 0.636. The summed E-state index contributed by atoms with van der Waals surface area (Å²) in [5, 5.41) is 16.5. The molecule has 19 heavy (non-hydrogen) atoms. The fraction of sp³-hybridized carbons (Fsp3) is 0.200. The van der Waals surface area contributed by atoms with Crippen LogP contribution in [0, 0.1) is 0 Å². The highest BCUT2D eigenvalue weighted by Gasteiger charge is 2.25. The van der Waals surface area contributed by atoms with Crippen LogP contribution in [-0.4, -0.2) is 16.6 Å². The number of hydrogen-bond acceptors (Lipinski definition) is 3. The minimum absolute atomic E-state index is 0.248. The molecule has 0 aliphatic carbocycles. The number of hydrogen-bond donors (Lipinski definition) is 3. The molecule has 4 rings (SSSR count). The molecule has 0 saturated carbocycles. The van der Waals surface area contributed by atoms with Crippen LogP contribution in [0.2, 0.25) is 0 Å². The van der Waals surface area contributed by atoms with Crippen molar-refractivity contribution < 1.29 is 5.11 Å². The molecule has 3 N–H and O–H groups in total. The number of H-pyrrole nitrogens is 1. The number of phenolic OH excluding ortho intramolecular Hbond substituents is 1. The predicted octanol–water partition coefficient (Wildman–Crippen LogP) is 3.17. The maximum Gasteiger partial charge on any atom is 0.116 e. The first-order valence-corrected chi connectivity index (χ1v) is 7.31. The first-order valence-electron chi connectivity index (χ1n) is 6.43. The SMILES string of the molecule is Oc1ccc2[nH]c3c(c2c1)CCNC3c1cccs1. The number of aromatic nitrogens is 1. The van der Waals surface area contributed by atoms with E-state index >= 15 is 0 Å².